The van der Waals surface area contributed by atoms with E-state index in [0.717, 1.165) is 6.42 Å². The van der Waals surface area contributed by atoms with Crippen LogP contribution in [0, 0.1) is 5.41 Å². The molecule has 0 unspecified atom stereocenters. The van der Waals surface area contributed by atoms with Crippen LogP contribution < -0.4 is 0 Å². The lowest BCUT2D eigenvalue weighted by Gasteiger charge is -2.23. The lowest BCUT2D eigenvalue weighted by molar-refractivity contribution is 0.520. The third-order valence-electron chi connectivity index (χ3n) is 3.84. The SMILES string of the molecule is CC(C)(C)C1=C(c2ccc(C(C)(C)C)cc2)CC=C1. The summed E-state index contributed by atoms with van der Waals surface area (Å²) in [6.07, 6.45) is 5.65. The first-order valence-electron chi connectivity index (χ1n) is 7.21. The molecule has 0 saturated carbocycles. The molecule has 1 aromatic rings. The summed E-state index contributed by atoms with van der Waals surface area (Å²) >= 11 is 0. The molecule has 0 amide bonds. The lowest BCUT2D eigenvalue weighted by atomic mass is 9.82. The number of hydrogen-bond donors (Lipinski definition) is 0. The molecule has 0 nitrogen and oxygen atoms in total. The van der Waals surface area contributed by atoms with Crippen molar-refractivity contribution in [2.45, 2.75) is 53.4 Å². The minimum absolute atomic E-state index is 0.227. The van der Waals surface area contributed by atoms with Crippen LogP contribution in [-0.4, -0.2) is 0 Å². The summed E-state index contributed by atoms with van der Waals surface area (Å²) < 4.78 is 0. The monoisotopic (exact) mass is 254 g/mol. The highest BCUT2D eigenvalue weighted by Gasteiger charge is 2.22. The van der Waals surface area contributed by atoms with E-state index in [1.54, 1.807) is 0 Å². The van der Waals surface area contributed by atoms with Crippen LogP contribution in [0.4, 0.5) is 0 Å². The predicted molar refractivity (Wildman–Crippen MR) is 85.3 cm³/mol. The van der Waals surface area contributed by atoms with Crippen LogP contribution in [0.2, 0.25) is 0 Å². The fourth-order valence-corrected chi connectivity index (χ4v) is 2.65. The van der Waals surface area contributed by atoms with Crippen molar-refractivity contribution in [1.29, 1.82) is 0 Å². The fraction of sp³-hybridized carbons (Fsp3) is 0.474. The molecule has 0 N–H and O–H groups in total. The van der Waals surface area contributed by atoms with Gasteiger partial charge in [-0.1, -0.05) is 78.0 Å². The van der Waals surface area contributed by atoms with Crippen molar-refractivity contribution in [1.82, 2.24) is 0 Å². The van der Waals surface area contributed by atoms with Gasteiger partial charge < -0.3 is 0 Å². The van der Waals surface area contributed by atoms with Gasteiger partial charge in [0.05, 0.1) is 0 Å². The maximum atomic E-state index is 2.30. The van der Waals surface area contributed by atoms with Crippen molar-refractivity contribution < 1.29 is 0 Å². The summed E-state index contributed by atoms with van der Waals surface area (Å²) in [5.74, 6) is 0. The second kappa shape index (κ2) is 4.67. The van der Waals surface area contributed by atoms with Crippen LogP contribution in [0.1, 0.15) is 59.1 Å². The van der Waals surface area contributed by atoms with Gasteiger partial charge >= 0.3 is 0 Å². The first kappa shape index (κ1) is 14.1. The van der Waals surface area contributed by atoms with E-state index in [9.17, 15) is 0 Å². The molecule has 0 spiro atoms. The average Bonchev–Trinajstić information content (AvgIpc) is 2.76. The molecule has 0 heteroatoms. The zero-order valence-corrected chi connectivity index (χ0v) is 13.2. The second-order valence-electron chi connectivity index (χ2n) is 7.58. The summed E-state index contributed by atoms with van der Waals surface area (Å²) in [5.41, 5.74) is 6.21. The standard InChI is InChI=1S/C19H26/c1-18(2,3)15-12-10-14(11-13-15)16-8-7-9-17(16)19(4,5)6/h7,9-13H,8H2,1-6H3. The quantitative estimate of drug-likeness (QED) is 0.599. The predicted octanol–water partition coefficient (Wildman–Crippen LogP) is 5.74. The smallest absolute Gasteiger partial charge is 0.00853 e. The van der Waals surface area contributed by atoms with Gasteiger partial charge in [-0.2, -0.15) is 0 Å². The Morgan fingerprint density at radius 3 is 1.84 bits per heavy atom. The van der Waals surface area contributed by atoms with Gasteiger partial charge in [-0.25, -0.2) is 0 Å². The molecule has 0 fully saturated rings. The van der Waals surface area contributed by atoms with E-state index >= 15 is 0 Å². The van der Waals surface area contributed by atoms with E-state index in [4.69, 9.17) is 0 Å². The van der Waals surface area contributed by atoms with Gasteiger partial charge in [-0.3, -0.25) is 0 Å². The topological polar surface area (TPSA) is 0 Å². The van der Waals surface area contributed by atoms with Crippen molar-refractivity contribution in [3.8, 4) is 0 Å². The highest BCUT2D eigenvalue weighted by atomic mass is 14.3. The Bertz CT molecular complexity index is 511. The van der Waals surface area contributed by atoms with Crippen LogP contribution in [0.15, 0.2) is 42.0 Å². The van der Waals surface area contributed by atoms with Crippen LogP contribution >= 0.6 is 0 Å². The molecule has 0 bridgehead atoms. The van der Waals surface area contributed by atoms with Crippen LogP contribution in [-0.2, 0) is 5.41 Å². The maximum Gasteiger partial charge on any atom is -0.00853 e. The minimum atomic E-state index is 0.227. The Hall–Kier alpha value is -1.30. The molecule has 0 atom stereocenters. The van der Waals surface area contributed by atoms with Crippen LogP contribution in [0.3, 0.4) is 0 Å². The highest BCUT2D eigenvalue weighted by molar-refractivity contribution is 5.76. The second-order valence-corrected chi connectivity index (χ2v) is 7.58. The lowest BCUT2D eigenvalue weighted by Crippen LogP contribution is -2.11. The zero-order valence-electron chi connectivity index (χ0n) is 13.2. The van der Waals surface area contributed by atoms with Gasteiger partial charge in [0, 0.05) is 0 Å². The Morgan fingerprint density at radius 2 is 1.37 bits per heavy atom. The van der Waals surface area contributed by atoms with Gasteiger partial charge in [0.25, 0.3) is 0 Å². The summed E-state index contributed by atoms with van der Waals surface area (Å²) in [6.45, 7) is 13.7. The number of benzene rings is 1. The van der Waals surface area contributed by atoms with Crippen molar-refractivity contribution in [2.24, 2.45) is 5.41 Å². The summed E-state index contributed by atoms with van der Waals surface area (Å²) in [6, 6.07) is 9.13. The molecule has 0 aliphatic heterocycles. The summed E-state index contributed by atoms with van der Waals surface area (Å²) in [7, 11) is 0. The summed E-state index contributed by atoms with van der Waals surface area (Å²) in [5, 5.41) is 0. The zero-order chi connectivity index (χ0) is 14.3. The van der Waals surface area contributed by atoms with Gasteiger partial charge in [0.15, 0.2) is 0 Å². The number of hydrogen-bond acceptors (Lipinski definition) is 0. The molecule has 0 saturated heterocycles. The van der Waals surface area contributed by atoms with Crippen LogP contribution in [0.5, 0.6) is 0 Å². The number of allylic oxidation sites excluding steroid dienone is 4. The van der Waals surface area contributed by atoms with E-state index in [0.29, 0.717) is 0 Å². The van der Waals surface area contributed by atoms with Gasteiger partial charge in [-0.05, 0) is 39.5 Å². The van der Waals surface area contributed by atoms with Gasteiger partial charge in [0.1, 0.15) is 0 Å². The Balaban J connectivity index is 2.39. The molecule has 1 aliphatic carbocycles. The summed E-state index contributed by atoms with van der Waals surface area (Å²) in [4.78, 5) is 0. The third kappa shape index (κ3) is 3.00. The van der Waals surface area contributed by atoms with Crippen molar-refractivity contribution in [2.75, 3.05) is 0 Å². The van der Waals surface area contributed by atoms with Crippen molar-refractivity contribution in [3.63, 3.8) is 0 Å². The largest absolute Gasteiger partial charge is 0.0798 e. The first-order chi connectivity index (χ1) is 8.69. The Morgan fingerprint density at radius 1 is 0.789 bits per heavy atom. The third-order valence-corrected chi connectivity index (χ3v) is 3.84. The molecule has 19 heavy (non-hydrogen) atoms. The number of rotatable bonds is 1. The molecule has 0 aromatic heterocycles. The molecule has 0 heterocycles. The van der Waals surface area contributed by atoms with Crippen LogP contribution in [0.25, 0.3) is 5.57 Å². The molecule has 2 rings (SSSR count). The molecule has 102 valence electrons. The van der Waals surface area contributed by atoms with Gasteiger partial charge in [-0.15, -0.1) is 0 Å². The average molecular weight is 254 g/mol. The van der Waals surface area contributed by atoms with E-state index in [1.165, 1.54) is 22.3 Å². The van der Waals surface area contributed by atoms with Crippen molar-refractivity contribution >= 4 is 5.57 Å². The van der Waals surface area contributed by atoms with Gasteiger partial charge in [0.2, 0.25) is 0 Å². The van der Waals surface area contributed by atoms with E-state index in [-0.39, 0.29) is 10.8 Å². The Kier molecular flexibility index (Phi) is 3.47. The molecular formula is C19H26. The van der Waals surface area contributed by atoms with E-state index < -0.39 is 0 Å². The highest BCUT2D eigenvalue weighted by Crippen LogP contribution is 2.39. The molecule has 1 aromatic carbocycles. The van der Waals surface area contributed by atoms with E-state index in [1.807, 2.05) is 0 Å². The molecule has 0 radical (unpaired) electrons. The molecular weight excluding hydrogens is 228 g/mol. The first-order valence-corrected chi connectivity index (χ1v) is 7.21. The van der Waals surface area contributed by atoms with E-state index in [2.05, 4.69) is 78.0 Å². The maximum absolute atomic E-state index is 2.30. The normalized spacial score (nSPS) is 16.3. The Labute approximate surface area is 118 Å². The van der Waals surface area contributed by atoms with Crippen molar-refractivity contribution in [3.05, 3.63) is 53.1 Å². The fourth-order valence-electron chi connectivity index (χ4n) is 2.65. The minimum Gasteiger partial charge on any atom is -0.0798 e. The molecule has 1 aliphatic rings.